The molecule has 4 aromatic rings. The third kappa shape index (κ3) is 4.53. The molecule has 6 nitrogen and oxygen atoms in total. The minimum absolute atomic E-state index is 0.0552. The highest BCUT2D eigenvalue weighted by molar-refractivity contribution is 9.11. The quantitative estimate of drug-likeness (QED) is 0.329. The van der Waals surface area contributed by atoms with E-state index in [1.807, 2.05) is 24.3 Å². The van der Waals surface area contributed by atoms with Crippen LogP contribution < -0.4 is 4.72 Å². The highest BCUT2D eigenvalue weighted by Crippen LogP contribution is 2.29. The number of nitrogens with one attached hydrogen (secondary N) is 1. The molecule has 1 aromatic carbocycles. The smallest absolute Gasteiger partial charge is 0.263 e. The van der Waals surface area contributed by atoms with E-state index in [1.165, 1.54) is 0 Å². The van der Waals surface area contributed by atoms with Gasteiger partial charge in [0.1, 0.15) is 5.82 Å². The molecule has 0 aliphatic heterocycles. The van der Waals surface area contributed by atoms with Crippen molar-refractivity contribution in [3.8, 4) is 11.3 Å². The molecule has 0 radical (unpaired) electrons. The van der Waals surface area contributed by atoms with Crippen molar-refractivity contribution >= 4 is 53.2 Å². The average molecular weight is 564 g/mol. The van der Waals surface area contributed by atoms with E-state index in [-0.39, 0.29) is 10.3 Å². The highest BCUT2D eigenvalue weighted by Gasteiger charge is 2.20. The van der Waals surface area contributed by atoms with Crippen molar-refractivity contribution in [2.24, 2.45) is 0 Å². The molecule has 3 aromatic heterocycles. The maximum Gasteiger partial charge on any atom is 0.263 e. The summed E-state index contributed by atoms with van der Waals surface area (Å²) >= 11 is 6.94. The topological polar surface area (TPSA) is 76.4 Å². The summed E-state index contributed by atoms with van der Waals surface area (Å²) in [6.45, 7) is 6.26. The average Bonchev–Trinajstić information content (AvgIpc) is 3.16. The number of anilines is 1. The van der Waals surface area contributed by atoms with Crippen molar-refractivity contribution in [3.63, 3.8) is 0 Å². The van der Waals surface area contributed by atoms with Crippen molar-refractivity contribution in [2.75, 3.05) is 4.72 Å². The predicted molar refractivity (Wildman–Crippen MR) is 130 cm³/mol. The van der Waals surface area contributed by atoms with E-state index in [0.29, 0.717) is 11.5 Å². The zero-order valence-corrected chi connectivity index (χ0v) is 21.1. The molecule has 0 fully saturated rings. The number of aromatic nitrogens is 3. The van der Waals surface area contributed by atoms with Crippen LogP contribution in [0.2, 0.25) is 0 Å². The predicted octanol–water partition coefficient (Wildman–Crippen LogP) is 6.02. The third-order valence-corrected chi connectivity index (χ3v) is 7.31. The summed E-state index contributed by atoms with van der Waals surface area (Å²) in [5.74, 6) is 0.340. The van der Waals surface area contributed by atoms with E-state index in [0.717, 1.165) is 25.6 Å². The Morgan fingerprint density at radius 2 is 1.68 bits per heavy atom. The first-order valence-electron chi connectivity index (χ1n) is 9.47. The van der Waals surface area contributed by atoms with Gasteiger partial charge in [-0.05, 0) is 79.2 Å². The van der Waals surface area contributed by atoms with E-state index in [4.69, 9.17) is 0 Å². The lowest BCUT2D eigenvalue weighted by atomic mass is 9.87. The second kappa shape index (κ2) is 8.03. The van der Waals surface area contributed by atoms with Gasteiger partial charge in [-0.15, -0.1) is 0 Å². The molecule has 3 heterocycles. The Labute approximate surface area is 198 Å². The number of halogens is 2. The van der Waals surface area contributed by atoms with Crippen molar-refractivity contribution in [1.29, 1.82) is 0 Å². The lowest BCUT2D eigenvalue weighted by Crippen LogP contribution is -2.16. The lowest BCUT2D eigenvalue weighted by molar-refractivity contribution is 0.587. The molecule has 0 aliphatic rings. The fourth-order valence-corrected chi connectivity index (χ4v) is 4.97. The van der Waals surface area contributed by atoms with Gasteiger partial charge in [0, 0.05) is 26.9 Å². The number of fused-ring (bicyclic) bond motifs is 1. The van der Waals surface area contributed by atoms with Gasteiger partial charge >= 0.3 is 0 Å². The molecule has 0 bridgehead atoms. The summed E-state index contributed by atoms with van der Waals surface area (Å²) in [4.78, 5) is 4.37. The summed E-state index contributed by atoms with van der Waals surface area (Å²) < 4.78 is 31.9. The van der Waals surface area contributed by atoms with E-state index in [2.05, 4.69) is 67.4 Å². The van der Waals surface area contributed by atoms with Crippen molar-refractivity contribution in [2.45, 2.75) is 31.1 Å². The zero-order chi connectivity index (χ0) is 22.4. The Balaban J connectivity index is 1.73. The van der Waals surface area contributed by atoms with Crippen LogP contribution in [-0.4, -0.2) is 23.0 Å². The van der Waals surface area contributed by atoms with Crippen LogP contribution in [0.4, 0.5) is 5.82 Å². The molecule has 0 amide bonds. The largest absolute Gasteiger partial charge is 0.263 e. The van der Waals surface area contributed by atoms with Crippen LogP contribution in [0.15, 0.2) is 74.8 Å². The molecule has 31 heavy (non-hydrogen) atoms. The van der Waals surface area contributed by atoms with Crippen molar-refractivity contribution in [3.05, 3.63) is 75.4 Å². The second-order valence-electron chi connectivity index (χ2n) is 8.16. The molecule has 0 aliphatic carbocycles. The van der Waals surface area contributed by atoms with Gasteiger partial charge in [-0.2, -0.15) is 5.10 Å². The number of hydrogen-bond donors (Lipinski definition) is 1. The van der Waals surface area contributed by atoms with E-state index < -0.39 is 10.0 Å². The maximum absolute atomic E-state index is 13.0. The highest BCUT2D eigenvalue weighted by atomic mass is 79.9. The number of rotatable bonds is 4. The van der Waals surface area contributed by atoms with Gasteiger partial charge in [-0.1, -0.05) is 32.9 Å². The first-order chi connectivity index (χ1) is 14.5. The summed E-state index contributed by atoms with van der Waals surface area (Å²) in [5, 5.41) is 4.61. The minimum Gasteiger partial charge on any atom is -0.263 e. The minimum atomic E-state index is -3.79. The number of hydrogen-bond acceptors (Lipinski definition) is 4. The molecule has 4 rings (SSSR count). The number of benzene rings is 1. The summed E-state index contributed by atoms with van der Waals surface area (Å²) in [6, 6.07) is 14.2. The SMILES string of the molecule is CC(C)(C)c1ccc(S(=O)(=O)Nc2ccc(Br)c3cc(-c4cncc(Br)c4)nn23)cc1. The standard InChI is InChI=1S/C22H20Br2N4O2S/c1-22(2,3)15-4-6-17(7-5-15)31(29,30)27-21-9-8-18(24)20-11-19(26-28(20)21)14-10-16(23)13-25-12-14/h4-13,27H,1-3H3. The Morgan fingerprint density at radius 3 is 2.32 bits per heavy atom. The third-order valence-electron chi connectivity index (χ3n) is 4.84. The Kier molecular flexibility index (Phi) is 5.70. The summed E-state index contributed by atoms with van der Waals surface area (Å²) in [6.07, 6.45) is 3.40. The van der Waals surface area contributed by atoms with Gasteiger partial charge in [0.05, 0.1) is 16.1 Å². The van der Waals surface area contributed by atoms with Gasteiger partial charge in [0.2, 0.25) is 0 Å². The number of sulfonamides is 1. The fraction of sp³-hybridized carbons (Fsp3) is 0.182. The molecular formula is C22H20Br2N4O2S. The first kappa shape index (κ1) is 22.0. The molecule has 0 saturated heterocycles. The van der Waals surface area contributed by atoms with Gasteiger partial charge < -0.3 is 0 Å². The van der Waals surface area contributed by atoms with Crippen LogP contribution >= 0.6 is 31.9 Å². The van der Waals surface area contributed by atoms with Crippen molar-refractivity contribution in [1.82, 2.24) is 14.6 Å². The van der Waals surface area contributed by atoms with Crippen LogP contribution in [0.25, 0.3) is 16.8 Å². The monoisotopic (exact) mass is 562 g/mol. The van der Waals surface area contributed by atoms with Gasteiger partial charge in [0.15, 0.2) is 0 Å². The molecule has 0 atom stereocenters. The van der Waals surface area contributed by atoms with Gasteiger partial charge in [0.25, 0.3) is 10.0 Å². The molecule has 1 N–H and O–H groups in total. The molecule has 0 spiro atoms. The number of pyridine rings is 2. The van der Waals surface area contributed by atoms with Crippen LogP contribution in [-0.2, 0) is 15.4 Å². The Bertz CT molecular complexity index is 1380. The first-order valence-corrected chi connectivity index (χ1v) is 12.5. The van der Waals surface area contributed by atoms with E-state index in [1.54, 1.807) is 41.2 Å². The van der Waals surface area contributed by atoms with Crippen LogP contribution in [0.1, 0.15) is 26.3 Å². The molecule has 0 saturated carbocycles. The van der Waals surface area contributed by atoms with Crippen LogP contribution in [0, 0.1) is 0 Å². The van der Waals surface area contributed by atoms with E-state index in [9.17, 15) is 8.42 Å². The molecule has 0 unspecified atom stereocenters. The summed E-state index contributed by atoms with van der Waals surface area (Å²) in [5.41, 5.74) is 3.24. The Hall–Kier alpha value is -2.23. The fourth-order valence-electron chi connectivity index (χ4n) is 3.14. The molecular weight excluding hydrogens is 544 g/mol. The zero-order valence-electron chi connectivity index (χ0n) is 17.1. The van der Waals surface area contributed by atoms with Gasteiger partial charge in [-0.25, -0.2) is 12.9 Å². The van der Waals surface area contributed by atoms with E-state index >= 15 is 0 Å². The van der Waals surface area contributed by atoms with Crippen LogP contribution in [0.5, 0.6) is 0 Å². The maximum atomic E-state index is 13.0. The lowest BCUT2D eigenvalue weighted by Gasteiger charge is -2.19. The summed E-state index contributed by atoms with van der Waals surface area (Å²) in [7, 11) is -3.79. The number of nitrogens with zero attached hydrogens (tertiary/aromatic N) is 3. The van der Waals surface area contributed by atoms with Crippen LogP contribution in [0.3, 0.4) is 0 Å². The van der Waals surface area contributed by atoms with Gasteiger partial charge in [-0.3, -0.25) is 9.71 Å². The second-order valence-corrected chi connectivity index (χ2v) is 11.6. The normalized spacial score (nSPS) is 12.3. The van der Waals surface area contributed by atoms with Crippen molar-refractivity contribution < 1.29 is 8.42 Å². The Morgan fingerprint density at radius 1 is 0.968 bits per heavy atom. The molecule has 9 heteroatoms. The molecule has 160 valence electrons.